The van der Waals surface area contributed by atoms with Crippen LogP contribution in [0.25, 0.3) is 55.2 Å². The molecule has 776 valence electrons. The number of methoxy groups -OCH3 is 3. The lowest BCUT2D eigenvalue weighted by Crippen LogP contribution is -2.36. The predicted octanol–water partition coefficient (Wildman–Crippen LogP) is 23.1. The molecular formula is C104H142Cl4N26O10. The highest BCUT2D eigenvalue weighted by atomic mass is 35.5. The molecule has 5 saturated carbocycles. The number of nitrogens with one attached hydrogen (secondary N) is 9. The minimum Gasteiger partial charge on any atom is -0.495 e. The van der Waals surface area contributed by atoms with Gasteiger partial charge in [-0.15, -0.1) is 0 Å². The van der Waals surface area contributed by atoms with Gasteiger partial charge in [-0.25, -0.2) is 33.7 Å². The third-order valence-corrected chi connectivity index (χ3v) is 26.8. The summed E-state index contributed by atoms with van der Waals surface area (Å²) >= 11 is 23.3. The zero-order chi connectivity index (χ0) is 100. The van der Waals surface area contributed by atoms with Gasteiger partial charge >= 0.3 is 12.2 Å². The highest BCUT2D eigenvalue weighted by Gasteiger charge is 2.29. The van der Waals surface area contributed by atoms with Crippen molar-refractivity contribution in [1.82, 2.24) is 73.9 Å². The van der Waals surface area contributed by atoms with Crippen LogP contribution in [0.4, 0.5) is 78.9 Å². The van der Waals surface area contributed by atoms with E-state index < -0.39 is 23.4 Å². The van der Waals surface area contributed by atoms with E-state index in [1.54, 1.807) is 46.0 Å². The molecule has 13 aromatic rings. The van der Waals surface area contributed by atoms with Gasteiger partial charge in [-0.2, -0.15) is 34.9 Å². The molecule has 0 amide bonds. The molecule has 3 saturated heterocycles. The Balaban J connectivity index is 0.000000140. The molecule has 0 radical (unpaired) electrons. The minimum atomic E-state index is -0.624. The number of nitrogens with two attached hydrogens (primary N) is 2. The number of nitrogen functional groups attached to an aromatic ring is 1. The van der Waals surface area contributed by atoms with E-state index in [1.807, 2.05) is 115 Å². The van der Waals surface area contributed by atoms with E-state index in [0.29, 0.717) is 106 Å². The molecule has 3 aromatic carbocycles. The normalized spacial score (nSPS) is 16.8. The quantitative estimate of drug-likeness (QED) is 0.0216. The van der Waals surface area contributed by atoms with E-state index in [-0.39, 0.29) is 18.0 Å². The second-order valence-corrected chi connectivity index (χ2v) is 40.2. The largest absolute Gasteiger partial charge is 0.495 e. The van der Waals surface area contributed by atoms with Gasteiger partial charge in [0.15, 0.2) is 11.3 Å². The van der Waals surface area contributed by atoms with Crippen LogP contribution in [-0.4, -0.2) is 228 Å². The summed E-state index contributed by atoms with van der Waals surface area (Å²) in [5.41, 5.74) is 19.0. The second kappa shape index (κ2) is 52.2. The number of halogens is 4. The van der Waals surface area contributed by atoms with Crippen LogP contribution in [0.15, 0.2) is 116 Å². The summed E-state index contributed by atoms with van der Waals surface area (Å²) in [5.74, 6) is 6.22. The number of aromatic amines is 3. The Morgan fingerprint density at radius 3 is 1.10 bits per heavy atom. The van der Waals surface area contributed by atoms with Gasteiger partial charge in [0.1, 0.15) is 73.8 Å². The first-order valence-electron chi connectivity index (χ1n) is 50.3. The summed E-state index contributed by atoms with van der Waals surface area (Å²) in [7, 11) is 4.97. The van der Waals surface area contributed by atoms with Gasteiger partial charge in [0.05, 0.1) is 105 Å². The van der Waals surface area contributed by atoms with E-state index >= 15 is 0 Å². The van der Waals surface area contributed by atoms with Gasteiger partial charge in [0.2, 0.25) is 27.7 Å². The third-order valence-electron chi connectivity index (χ3n) is 26.0. The number of aromatic nitrogens is 15. The number of nitrogens with zero attached hydrogens (tertiary/aromatic N) is 15. The highest BCUT2D eigenvalue weighted by molar-refractivity contribution is 6.35. The minimum absolute atomic E-state index is 0. The van der Waals surface area contributed by atoms with Crippen LogP contribution < -0.4 is 72.3 Å². The highest BCUT2D eigenvalue weighted by Crippen LogP contribution is 2.39. The Hall–Kier alpha value is -11.9. The molecule has 0 atom stereocenters. The van der Waals surface area contributed by atoms with Crippen molar-refractivity contribution >= 4 is 183 Å². The Labute approximate surface area is 862 Å². The summed E-state index contributed by atoms with van der Waals surface area (Å²) in [5, 5.41) is 26.2. The van der Waals surface area contributed by atoms with Crippen molar-refractivity contribution in [1.29, 1.82) is 0 Å². The summed E-state index contributed by atoms with van der Waals surface area (Å²) < 4.78 is 46.7. The molecule has 21 rings (SSSR count). The molecule has 8 aliphatic rings. The van der Waals surface area contributed by atoms with Crippen molar-refractivity contribution in [3.8, 4) is 17.2 Å². The maximum absolute atomic E-state index is 13.0. The monoisotopic (exact) mass is 2060 g/mol. The standard InChI is InChI=1S/C28H38N6O4.C23H30N6O2.C17H23ClN4O2.C12H15ClN4.C11H16N2O2.C6H3Cl2N3.C6H13N.CH4/c1-28(2,3)38-27(35)34-13-12-21-24(29-19-8-6-5-7-9-19)31-26(32-25(21)34)30-22-11-10-20(18-23(22)36-4)33-14-16-37-17-15-33;1-30-20-15-17(29-11-13-31-14-12-29)7-8-19(20)26-23-27-21-18(9-10-24-21)22(28-23)25-16-5-3-2-4-6-16;1-17(2,3)24-16(23)22-10-9-12-13(20-15(18)21-14(12)22)19-11-7-5-4-6-8-11;13-12-16-10-9(6-7-14-10)11(17-12)15-8-4-2-1-3-5-8;1-14-11-8-9(2-3-10(11)12)13-4-6-15-7-5-13;7-4-3-1-2-9-5(3)11-6(8)10-4;7-6-4-2-1-3-5-6;/h10-13,18-19H,5-9,14-17H2,1-4H3,(H2,29,30,31,32);7-10,15-16H,2-6,11-14H2,1H3,(H3,24,25,26,27,28);9-11H,4-8H2,1-3H3,(H,19,20,21);6-8H,1-5H2,(H2,14,15,16,17);2-3,8H,4-7,12H2,1H3;1-2H,(H,9,10,11);6H,1-5,7H2;1H4. The average Bonchev–Trinajstić information content (AvgIpc) is 1.61. The van der Waals surface area contributed by atoms with Crippen molar-refractivity contribution < 1.29 is 47.5 Å². The van der Waals surface area contributed by atoms with Crippen molar-refractivity contribution in [2.24, 2.45) is 5.73 Å². The number of anilines is 12. The summed E-state index contributed by atoms with van der Waals surface area (Å²) in [6.45, 7) is 20.8. The third kappa shape index (κ3) is 30.4. The maximum atomic E-state index is 13.0. The van der Waals surface area contributed by atoms with Gasteiger partial charge in [-0.1, -0.05) is 115 Å². The van der Waals surface area contributed by atoms with E-state index in [2.05, 4.69) is 115 Å². The number of carbonyl (C=O) groups excluding carboxylic acids is 2. The molecule has 3 aliphatic heterocycles. The number of hydrogen-bond acceptors (Lipinski definition) is 31. The smallest absolute Gasteiger partial charge is 0.420 e. The summed E-state index contributed by atoms with van der Waals surface area (Å²) in [6, 6.07) is 29.8. The fraction of sp³-hybridized carbons (Fsp3) is 0.519. The van der Waals surface area contributed by atoms with Gasteiger partial charge in [-0.3, -0.25) is 0 Å². The Bertz CT molecular complexity index is 6280. The van der Waals surface area contributed by atoms with Gasteiger partial charge in [0, 0.05) is 136 Å². The topological polar surface area (TPSA) is 428 Å². The van der Waals surface area contributed by atoms with Crippen LogP contribution in [0.2, 0.25) is 21.0 Å². The van der Waals surface area contributed by atoms with E-state index in [4.69, 9.17) is 111 Å². The van der Waals surface area contributed by atoms with Gasteiger partial charge in [-0.05, 0) is 207 Å². The summed E-state index contributed by atoms with van der Waals surface area (Å²) in [4.78, 5) is 85.1. The lowest BCUT2D eigenvalue weighted by atomic mass is 9.95. The average molecular weight is 2060 g/mol. The first-order chi connectivity index (χ1) is 69.2. The number of ether oxygens (including phenoxy) is 8. The number of rotatable bonds is 18. The van der Waals surface area contributed by atoms with Crippen LogP contribution in [0, 0.1) is 0 Å². The van der Waals surface area contributed by atoms with E-state index in [9.17, 15) is 9.59 Å². The number of morpholine rings is 3. The molecule has 0 bridgehead atoms. The van der Waals surface area contributed by atoms with Crippen molar-refractivity contribution in [2.75, 3.05) is 153 Å². The number of benzene rings is 3. The molecule has 36 nitrogen and oxygen atoms in total. The van der Waals surface area contributed by atoms with E-state index in [1.165, 1.54) is 144 Å². The SMILES string of the molecule is C.CC(C)(C)OC(=O)n1ccc2c(NC3CCCCC3)nc(Cl)nc21.COc1cc(N2CCOCC2)ccc1N.COc1cc(N2CCOCC2)ccc1Nc1nc(NC2CCCCC2)c2cc[nH]c2n1.COc1cc(N2CCOCC2)ccc1Nc1nc(NC2CCCCC2)c2ccn(C(=O)OC(C)(C)C)c2n1.Clc1nc(Cl)c2cc[nH]c2n1.Clc1nc(NC2CCCCC2)c2cc[nH]c2n1.NC1CCCCC1. The molecule has 144 heavy (non-hydrogen) atoms. The number of H-pyrrole nitrogens is 3. The molecule has 13 heterocycles. The molecule has 8 fully saturated rings. The fourth-order valence-electron chi connectivity index (χ4n) is 18.7. The fourth-order valence-corrected chi connectivity index (χ4v) is 19.4. The lowest BCUT2D eigenvalue weighted by Gasteiger charge is -2.29. The zero-order valence-electron chi connectivity index (χ0n) is 83.5. The van der Waals surface area contributed by atoms with Crippen molar-refractivity contribution in [3.05, 3.63) is 137 Å². The Kier molecular flexibility index (Phi) is 39.1. The van der Waals surface area contributed by atoms with Gasteiger partial charge < -0.3 is 111 Å². The van der Waals surface area contributed by atoms with Crippen molar-refractivity contribution in [3.63, 3.8) is 0 Å². The second-order valence-electron chi connectivity index (χ2n) is 38.8. The molecule has 0 unspecified atom stereocenters. The number of hydrogen-bond donors (Lipinski definition) is 11. The van der Waals surface area contributed by atoms with E-state index in [0.717, 1.165) is 181 Å². The molecular weight excluding hydrogens is 1920 g/mol. The van der Waals surface area contributed by atoms with Crippen LogP contribution in [0.5, 0.6) is 17.2 Å². The maximum Gasteiger partial charge on any atom is 0.420 e. The Morgan fingerprint density at radius 2 is 0.708 bits per heavy atom. The van der Waals surface area contributed by atoms with Crippen LogP contribution in [-0.2, 0) is 23.7 Å². The Morgan fingerprint density at radius 1 is 0.382 bits per heavy atom. The number of fused-ring (bicyclic) bond motifs is 5. The zero-order valence-corrected chi connectivity index (χ0v) is 86.5. The number of carbonyl (C=O) groups is 2. The van der Waals surface area contributed by atoms with Crippen LogP contribution in [0.3, 0.4) is 0 Å². The molecule has 0 spiro atoms. The summed E-state index contributed by atoms with van der Waals surface area (Å²) in [6.07, 6.45) is 39.0. The lowest BCUT2D eigenvalue weighted by molar-refractivity contribution is 0.0532. The van der Waals surface area contributed by atoms with Crippen LogP contribution >= 0.6 is 46.4 Å². The molecule has 5 aliphatic carbocycles. The molecule has 13 N–H and O–H groups in total. The molecule has 40 heteroatoms. The van der Waals surface area contributed by atoms with Gasteiger partial charge in [0.25, 0.3) is 0 Å². The first kappa shape index (κ1) is 108. The molecule has 10 aromatic heterocycles. The van der Waals surface area contributed by atoms with Crippen LogP contribution in [0.1, 0.15) is 209 Å². The first-order valence-corrected chi connectivity index (χ1v) is 51.8. The predicted molar refractivity (Wildman–Crippen MR) is 579 cm³/mol. The van der Waals surface area contributed by atoms with Crippen molar-refractivity contribution in [2.45, 2.75) is 251 Å².